The first-order valence-electron chi connectivity index (χ1n) is 8.92. The number of likely N-dealkylation sites (tertiary alicyclic amines) is 2. The van der Waals surface area contributed by atoms with Gasteiger partial charge in [-0.1, -0.05) is 20.3 Å². The number of piperidine rings is 2. The quantitative estimate of drug-likeness (QED) is 0.860. The Morgan fingerprint density at radius 1 is 1.24 bits per heavy atom. The molecule has 2 saturated heterocycles. The van der Waals surface area contributed by atoms with Crippen molar-refractivity contribution in [1.29, 1.82) is 0 Å². The van der Waals surface area contributed by atoms with Crippen LogP contribution in [-0.4, -0.2) is 53.5 Å². The molecule has 0 aromatic rings. The van der Waals surface area contributed by atoms with Gasteiger partial charge >= 0.3 is 0 Å². The molecule has 3 rings (SSSR count). The highest BCUT2D eigenvalue weighted by molar-refractivity contribution is 5.82. The van der Waals surface area contributed by atoms with Crippen LogP contribution >= 0.6 is 0 Å². The van der Waals surface area contributed by atoms with Gasteiger partial charge in [-0.15, -0.1) is 0 Å². The average Bonchev–Trinajstić information content (AvgIpc) is 3.36. The summed E-state index contributed by atoms with van der Waals surface area (Å²) in [6.45, 7) is 7.33. The Balaban J connectivity index is 1.60. The summed E-state index contributed by atoms with van der Waals surface area (Å²) in [4.78, 5) is 17.4. The molecule has 1 saturated carbocycles. The summed E-state index contributed by atoms with van der Waals surface area (Å²) < 4.78 is 0. The zero-order valence-electron chi connectivity index (χ0n) is 13.6. The van der Waals surface area contributed by atoms with Gasteiger partial charge in [0.25, 0.3) is 0 Å². The lowest BCUT2D eigenvalue weighted by Gasteiger charge is -2.48. The predicted molar refractivity (Wildman–Crippen MR) is 84.9 cm³/mol. The number of hydrogen-bond donors (Lipinski definition) is 1. The summed E-state index contributed by atoms with van der Waals surface area (Å²) in [5.74, 6) is 1.15. The number of fused-ring (bicyclic) bond motifs is 1. The molecule has 3 fully saturated rings. The maximum atomic E-state index is 12.6. The van der Waals surface area contributed by atoms with Crippen LogP contribution in [0.3, 0.4) is 0 Å². The van der Waals surface area contributed by atoms with Crippen molar-refractivity contribution in [3.63, 3.8) is 0 Å². The number of nitrogens with zero attached hydrogens (tertiary/aromatic N) is 2. The first-order valence-corrected chi connectivity index (χ1v) is 8.92. The number of carbonyl (C=O) groups is 1. The summed E-state index contributed by atoms with van der Waals surface area (Å²) in [5.41, 5.74) is 6.15. The van der Waals surface area contributed by atoms with E-state index in [2.05, 4.69) is 23.6 Å². The number of amides is 1. The molecule has 2 heterocycles. The number of carbonyl (C=O) groups excluding carboxylic acids is 1. The second-order valence-corrected chi connectivity index (χ2v) is 7.42. The molecule has 3 aliphatic rings. The topological polar surface area (TPSA) is 49.6 Å². The lowest BCUT2D eigenvalue weighted by molar-refractivity contribution is -0.137. The molecule has 120 valence electrons. The lowest BCUT2D eigenvalue weighted by Crippen LogP contribution is -2.58. The van der Waals surface area contributed by atoms with Crippen molar-refractivity contribution in [2.24, 2.45) is 17.6 Å². The molecule has 2 N–H and O–H groups in total. The SMILES string of the molecule is CC[C@H](C)[C@H](N)C(=O)N1CC[C@@H]2[C@H](CCCN2C2CC2)C1. The van der Waals surface area contributed by atoms with Gasteiger partial charge < -0.3 is 10.6 Å². The fraction of sp³-hybridized carbons (Fsp3) is 0.941. The van der Waals surface area contributed by atoms with E-state index in [0.717, 1.165) is 38.0 Å². The van der Waals surface area contributed by atoms with Gasteiger partial charge in [0.2, 0.25) is 5.91 Å². The van der Waals surface area contributed by atoms with E-state index in [1.165, 1.54) is 32.2 Å². The normalized spacial score (nSPS) is 33.4. The first-order chi connectivity index (χ1) is 10.1. The molecular weight excluding hydrogens is 262 g/mol. The first kappa shape index (κ1) is 15.3. The Morgan fingerprint density at radius 3 is 2.67 bits per heavy atom. The van der Waals surface area contributed by atoms with Gasteiger partial charge in [0.15, 0.2) is 0 Å². The molecule has 4 heteroatoms. The van der Waals surface area contributed by atoms with Crippen molar-refractivity contribution in [2.75, 3.05) is 19.6 Å². The zero-order chi connectivity index (χ0) is 15.0. The summed E-state index contributed by atoms with van der Waals surface area (Å²) in [7, 11) is 0. The van der Waals surface area contributed by atoms with Gasteiger partial charge in [0.05, 0.1) is 6.04 Å². The third kappa shape index (κ3) is 3.11. The Morgan fingerprint density at radius 2 is 2.00 bits per heavy atom. The number of hydrogen-bond acceptors (Lipinski definition) is 3. The van der Waals surface area contributed by atoms with E-state index in [-0.39, 0.29) is 17.9 Å². The third-order valence-electron chi connectivity index (χ3n) is 5.98. The van der Waals surface area contributed by atoms with E-state index in [0.29, 0.717) is 5.92 Å². The van der Waals surface area contributed by atoms with Crippen LogP contribution < -0.4 is 5.73 Å². The Hall–Kier alpha value is -0.610. The second-order valence-electron chi connectivity index (χ2n) is 7.42. The van der Waals surface area contributed by atoms with Crippen molar-refractivity contribution in [3.8, 4) is 0 Å². The van der Waals surface area contributed by atoms with Crippen LogP contribution in [0.2, 0.25) is 0 Å². The van der Waals surface area contributed by atoms with Gasteiger partial charge in [0, 0.05) is 25.2 Å². The highest BCUT2D eigenvalue weighted by atomic mass is 16.2. The van der Waals surface area contributed by atoms with Crippen LogP contribution in [0.15, 0.2) is 0 Å². The van der Waals surface area contributed by atoms with Crippen LogP contribution in [0.1, 0.15) is 52.4 Å². The molecule has 0 bridgehead atoms. The monoisotopic (exact) mass is 293 g/mol. The second kappa shape index (κ2) is 6.25. The van der Waals surface area contributed by atoms with Crippen molar-refractivity contribution in [3.05, 3.63) is 0 Å². The molecule has 4 nitrogen and oxygen atoms in total. The van der Waals surface area contributed by atoms with Crippen LogP contribution in [0.5, 0.6) is 0 Å². The molecule has 4 atom stereocenters. The van der Waals surface area contributed by atoms with E-state index < -0.39 is 0 Å². The van der Waals surface area contributed by atoms with Gasteiger partial charge in [-0.3, -0.25) is 9.69 Å². The summed E-state index contributed by atoms with van der Waals surface area (Å²) in [6, 6.07) is 1.28. The Labute approximate surface area is 129 Å². The Bertz CT molecular complexity index is 382. The smallest absolute Gasteiger partial charge is 0.239 e. The zero-order valence-corrected chi connectivity index (χ0v) is 13.6. The molecule has 0 unspecified atom stereocenters. The fourth-order valence-electron chi connectivity index (χ4n) is 4.21. The van der Waals surface area contributed by atoms with Crippen molar-refractivity contribution >= 4 is 5.91 Å². The highest BCUT2D eigenvalue weighted by Gasteiger charge is 2.43. The van der Waals surface area contributed by atoms with Crippen LogP contribution in [0.4, 0.5) is 0 Å². The molecular formula is C17H31N3O. The predicted octanol–water partition coefficient (Wildman–Crippen LogP) is 1.84. The maximum absolute atomic E-state index is 12.6. The minimum Gasteiger partial charge on any atom is -0.341 e. The van der Waals surface area contributed by atoms with Crippen LogP contribution in [-0.2, 0) is 4.79 Å². The minimum atomic E-state index is -0.310. The third-order valence-corrected chi connectivity index (χ3v) is 5.98. The average molecular weight is 293 g/mol. The van der Waals surface area contributed by atoms with Crippen LogP contribution in [0, 0.1) is 11.8 Å². The van der Waals surface area contributed by atoms with Crippen molar-refractivity contribution < 1.29 is 4.79 Å². The van der Waals surface area contributed by atoms with Gasteiger partial charge in [-0.05, 0) is 50.5 Å². The van der Waals surface area contributed by atoms with Gasteiger partial charge in [-0.2, -0.15) is 0 Å². The van der Waals surface area contributed by atoms with Gasteiger partial charge in [-0.25, -0.2) is 0 Å². The molecule has 0 aromatic heterocycles. The molecule has 0 aromatic carbocycles. The fourth-order valence-corrected chi connectivity index (χ4v) is 4.21. The summed E-state index contributed by atoms with van der Waals surface area (Å²) in [6.07, 6.45) is 7.51. The molecule has 0 spiro atoms. The molecule has 21 heavy (non-hydrogen) atoms. The van der Waals surface area contributed by atoms with E-state index in [1.54, 1.807) is 0 Å². The lowest BCUT2D eigenvalue weighted by atomic mass is 9.83. The number of nitrogens with two attached hydrogens (primary N) is 1. The molecule has 0 radical (unpaired) electrons. The molecule has 1 aliphatic carbocycles. The molecule has 2 aliphatic heterocycles. The minimum absolute atomic E-state index is 0.186. The maximum Gasteiger partial charge on any atom is 0.239 e. The van der Waals surface area contributed by atoms with Gasteiger partial charge in [0.1, 0.15) is 0 Å². The van der Waals surface area contributed by atoms with Crippen molar-refractivity contribution in [2.45, 2.75) is 70.5 Å². The van der Waals surface area contributed by atoms with Crippen molar-refractivity contribution in [1.82, 2.24) is 9.80 Å². The van der Waals surface area contributed by atoms with E-state index in [9.17, 15) is 4.79 Å². The molecule has 1 amide bonds. The summed E-state index contributed by atoms with van der Waals surface area (Å²) in [5, 5.41) is 0. The Kier molecular flexibility index (Phi) is 4.55. The van der Waals surface area contributed by atoms with Crippen LogP contribution in [0.25, 0.3) is 0 Å². The largest absolute Gasteiger partial charge is 0.341 e. The van der Waals surface area contributed by atoms with E-state index >= 15 is 0 Å². The standard InChI is InChI=1S/C17H31N3O/c1-3-12(2)16(18)17(21)19-10-8-15-13(11-19)5-4-9-20(15)14-6-7-14/h12-16H,3-11,18H2,1-2H3/t12-,13+,15+,16-/m0/s1. The number of rotatable bonds is 4. The summed E-state index contributed by atoms with van der Waals surface area (Å²) >= 11 is 0. The van der Waals surface area contributed by atoms with E-state index in [4.69, 9.17) is 5.73 Å². The highest BCUT2D eigenvalue weighted by Crippen LogP contribution is 2.38. The van der Waals surface area contributed by atoms with E-state index in [1.807, 2.05) is 0 Å².